The van der Waals surface area contributed by atoms with Gasteiger partial charge >= 0.3 is 0 Å². The molecule has 0 saturated carbocycles. The van der Waals surface area contributed by atoms with Crippen molar-refractivity contribution in [3.8, 4) is 0 Å². The maximum absolute atomic E-state index is 13.1. The second-order valence-electron chi connectivity index (χ2n) is 8.37. The summed E-state index contributed by atoms with van der Waals surface area (Å²) in [6, 6.07) is 7.48. The highest BCUT2D eigenvalue weighted by Gasteiger charge is 2.46. The molecule has 0 spiro atoms. The Morgan fingerprint density at radius 3 is 2.24 bits per heavy atom. The number of nitrogens with one attached hydrogen (secondary N) is 3. The number of imide groups is 1. The van der Waals surface area contributed by atoms with E-state index >= 15 is 0 Å². The topological polar surface area (TPSA) is 121 Å². The Kier molecular flexibility index (Phi) is 9.27. The lowest BCUT2D eigenvalue weighted by Gasteiger charge is -2.25. The normalized spacial score (nSPS) is 20.2. The van der Waals surface area contributed by atoms with Crippen LogP contribution in [0.4, 0.5) is 0 Å². The highest BCUT2D eigenvalue weighted by Crippen LogP contribution is 2.24. The van der Waals surface area contributed by atoms with Crippen LogP contribution in [-0.4, -0.2) is 35.5 Å². The molecule has 1 aliphatic heterocycles. The molecule has 3 N–H and O–H groups in total. The number of allylic oxidation sites excluding steroid dienone is 3. The standard InChI is InChI=1S/C25H31N3O5/c1-5-6-8-13-19(29)26-18(17-11-9-7-10-12-17)14-20(30)27-22(15(2)3)23(31)21-16(4)24(32)28-25(21)33/h5-13,15-16,18,21-22H,14H2,1-4H3,(H,26,29)(H,27,30)(H,28,32,33). The van der Waals surface area contributed by atoms with Gasteiger partial charge in [0.1, 0.15) is 5.92 Å². The third-order valence-corrected chi connectivity index (χ3v) is 5.50. The third kappa shape index (κ3) is 6.97. The number of hydrogen-bond acceptors (Lipinski definition) is 5. The molecule has 4 atom stereocenters. The number of amides is 4. The summed E-state index contributed by atoms with van der Waals surface area (Å²) in [7, 11) is 0. The summed E-state index contributed by atoms with van der Waals surface area (Å²) in [5.41, 5.74) is 0.738. The molecular formula is C25H31N3O5. The fraction of sp³-hybridized carbons (Fsp3) is 0.400. The van der Waals surface area contributed by atoms with E-state index in [-0.39, 0.29) is 18.2 Å². The number of hydrogen-bond donors (Lipinski definition) is 3. The van der Waals surface area contributed by atoms with Gasteiger partial charge in [0.25, 0.3) is 0 Å². The molecule has 1 fully saturated rings. The van der Waals surface area contributed by atoms with E-state index in [4.69, 9.17) is 0 Å². The van der Waals surface area contributed by atoms with Crippen molar-refractivity contribution in [2.45, 2.75) is 46.2 Å². The molecule has 0 aliphatic carbocycles. The maximum Gasteiger partial charge on any atom is 0.244 e. The summed E-state index contributed by atoms with van der Waals surface area (Å²) in [5.74, 6) is -4.67. The third-order valence-electron chi connectivity index (χ3n) is 5.50. The number of benzene rings is 1. The highest BCUT2D eigenvalue weighted by molar-refractivity contribution is 6.16. The number of carbonyl (C=O) groups is 5. The van der Waals surface area contributed by atoms with Gasteiger partial charge in [0.2, 0.25) is 23.6 Å². The zero-order chi connectivity index (χ0) is 24.5. The Morgan fingerprint density at radius 2 is 1.70 bits per heavy atom. The van der Waals surface area contributed by atoms with Crippen molar-refractivity contribution in [1.82, 2.24) is 16.0 Å². The summed E-state index contributed by atoms with van der Waals surface area (Å²) >= 11 is 0. The van der Waals surface area contributed by atoms with E-state index in [1.54, 1.807) is 56.3 Å². The first kappa shape index (κ1) is 25.7. The first-order valence-electron chi connectivity index (χ1n) is 11.0. The molecule has 0 radical (unpaired) electrons. The van der Waals surface area contributed by atoms with Crippen molar-refractivity contribution < 1.29 is 24.0 Å². The van der Waals surface area contributed by atoms with Crippen LogP contribution in [0, 0.1) is 17.8 Å². The van der Waals surface area contributed by atoms with Crippen LogP contribution in [0.5, 0.6) is 0 Å². The monoisotopic (exact) mass is 453 g/mol. The smallest absolute Gasteiger partial charge is 0.244 e. The number of rotatable bonds is 10. The Morgan fingerprint density at radius 1 is 1.03 bits per heavy atom. The average molecular weight is 454 g/mol. The van der Waals surface area contributed by atoms with E-state index < -0.39 is 47.4 Å². The van der Waals surface area contributed by atoms with Gasteiger partial charge in [0, 0.05) is 6.08 Å². The molecule has 1 aliphatic rings. The molecule has 4 unspecified atom stereocenters. The van der Waals surface area contributed by atoms with Crippen LogP contribution >= 0.6 is 0 Å². The lowest BCUT2D eigenvalue weighted by molar-refractivity contribution is -0.137. The Bertz CT molecular complexity index is 952. The van der Waals surface area contributed by atoms with E-state index in [2.05, 4.69) is 16.0 Å². The van der Waals surface area contributed by atoms with Crippen molar-refractivity contribution in [3.63, 3.8) is 0 Å². The van der Waals surface area contributed by atoms with Crippen molar-refractivity contribution in [2.24, 2.45) is 17.8 Å². The molecule has 1 aromatic carbocycles. The van der Waals surface area contributed by atoms with E-state index in [0.717, 1.165) is 5.56 Å². The van der Waals surface area contributed by atoms with Crippen LogP contribution < -0.4 is 16.0 Å². The molecule has 2 rings (SSSR count). The number of ketones is 1. The average Bonchev–Trinajstić information content (AvgIpc) is 3.03. The van der Waals surface area contributed by atoms with E-state index in [1.807, 2.05) is 13.0 Å². The molecule has 33 heavy (non-hydrogen) atoms. The van der Waals surface area contributed by atoms with Crippen LogP contribution in [0.2, 0.25) is 0 Å². The predicted octanol–water partition coefficient (Wildman–Crippen LogP) is 1.98. The van der Waals surface area contributed by atoms with Gasteiger partial charge < -0.3 is 10.6 Å². The zero-order valence-corrected chi connectivity index (χ0v) is 19.3. The SMILES string of the molecule is CC=CC=CC(=O)NC(CC(=O)NC(C(=O)C1C(=O)NC(=O)C1C)C(C)C)c1ccccc1. The van der Waals surface area contributed by atoms with Gasteiger partial charge in [0.05, 0.1) is 24.4 Å². The zero-order valence-electron chi connectivity index (χ0n) is 19.3. The number of carbonyl (C=O) groups excluding carboxylic acids is 5. The lowest BCUT2D eigenvalue weighted by atomic mass is 9.85. The molecule has 8 heteroatoms. The quantitative estimate of drug-likeness (QED) is 0.216. The predicted molar refractivity (Wildman–Crippen MR) is 123 cm³/mol. The molecule has 1 heterocycles. The van der Waals surface area contributed by atoms with E-state index in [0.29, 0.717) is 0 Å². The molecule has 4 amide bonds. The minimum Gasteiger partial charge on any atom is -0.346 e. The fourth-order valence-corrected chi connectivity index (χ4v) is 3.66. The van der Waals surface area contributed by atoms with Gasteiger partial charge in [-0.25, -0.2) is 0 Å². The Hall–Kier alpha value is -3.55. The van der Waals surface area contributed by atoms with Crippen LogP contribution in [0.15, 0.2) is 54.6 Å². The summed E-state index contributed by atoms with van der Waals surface area (Å²) < 4.78 is 0. The first-order valence-corrected chi connectivity index (χ1v) is 11.0. The van der Waals surface area contributed by atoms with Gasteiger partial charge in [-0.05, 0) is 18.4 Å². The van der Waals surface area contributed by atoms with E-state index in [9.17, 15) is 24.0 Å². The molecule has 0 aromatic heterocycles. The largest absolute Gasteiger partial charge is 0.346 e. The molecule has 8 nitrogen and oxygen atoms in total. The van der Waals surface area contributed by atoms with Gasteiger partial charge in [-0.2, -0.15) is 0 Å². The maximum atomic E-state index is 13.1. The van der Waals surface area contributed by atoms with Crippen molar-refractivity contribution in [2.75, 3.05) is 0 Å². The van der Waals surface area contributed by atoms with Gasteiger partial charge in [-0.1, -0.05) is 69.3 Å². The highest BCUT2D eigenvalue weighted by atomic mass is 16.2. The van der Waals surface area contributed by atoms with E-state index in [1.165, 1.54) is 13.0 Å². The Balaban J connectivity index is 2.16. The molecule has 0 bridgehead atoms. The second-order valence-corrected chi connectivity index (χ2v) is 8.37. The summed E-state index contributed by atoms with van der Waals surface area (Å²) in [6.45, 7) is 6.86. The molecule has 1 aromatic rings. The fourth-order valence-electron chi connectivity index (χ4n) is 3.66. The minimum absolute atomic E-state index is 0.102. The number of Topliss-reactive ketones (excluding diaryl/α,β-unsaturated/α-hetero) is 1. The van der Waals surface area contributed by atoms with Crippen LogP contribution in [0.25, 0.3) is 0 Å². The van der Waals surface area contributed by atoms with Crippen LogP contribution in [0.1, 0.15) is 45.7 Å². The van der Waals surface area contributed by atoms with Crippen LogP contribution in [-0.2, 0) is 24.0 Å². The van der Waals surface area contributed by atoms with Gasteiger partial charge in [0.15, 0.2) is 5.78 Å². The molecule has 176 valence electrons. The van der Waals surface area contributed by atoms with Gasteiger partial charge in [-0.3, -0.25) is 29.3 Å². The second kappa shape index (κ2) is 11.9. The van der Waals surface area contributed by atoms with Crippen LogP contribution in [0.3, 0.4) is 0 Å². The minimum atomic E-state index is -1.13. The van der Waals surface area contributed by atoms with Gasteiger partial charge in [-0.15, -0.1) is 0 Å². The molecule has 1 saturated heterocycles. The summed E-state index contributed by atoms with van der Waals surface area (Å²) in [5, 5.41) is 7.70. The van der Waals surface area contributed by atoms with Crippen molar-refractivity contribution in [3.05, 3.63) is 60.2 Å². The Labute approximate surface area is 193 Å². The summed E-state index contributed by atoms with van der Waals surface area (Å²) in [6.07, 6.45) is 6.36. The summed E-state index contributed by atoms with van der Waals surface area (Å²) in [4.78, 5) is 62.2. The first-order chi connectivity index (χ1) is 15.6. The lowest BCUT2D eigenvalue weighted by Crippen LogP contribution is -2.49. The van der Waals surface area contributed by atoms with Crippen molar-refractivity contribution >= 4 is 29.4 Å². The molecular weight excluding hydrogens is 422 g/mol. The van der Waals surface area contributed by atoms with Crippen molar-refractivity contribution in [1.29, 1.82) is 0 Å².